The third-order valence-electron chi connectivity index (χ3n) is 2.66. The maximum atomic E-state index is 11.0. The second kappa shape index (κ2) is 6.57. The Morgan fingerprint density at radius 2 is 1.95 bits per heavy atom. The summed E-state index contributed by atoms with van der Waals surface area (Å²) in [7, 11) is 0. The van der Waals surface area contributed by atoms with Crippen molar-refractivity contribution in [3.8, 4) is 11.8 Å². The molecule has 0 fully saturated rings. The van der Waals surface area contributed by atoms with E-state index in [1.165, 1.54) is 6.92 Å². The van der Waals surface area contributed by atoms with Crippen LogP contribution in [0.5, 0.6) is 5.75 Å². The summed E-state index contributed by atoms with van der Waals surface area (Å²) in [5, 5.41) is 20.1. The van der Waals surface area contributed by atoms with Crippen LogP contribution in [0.15, 0.2) is 12.1 Å². The molecule has 106 valence electrons. The Bertz CT molecular complexity index is 552. The first kappa shape index (κ1) is 15.5. The fourth-order valence-electron chi connectivity index (χ4n) is 1.83. The van der Waals surface area contributed by atoms with Crippen molar-refractivity contribution < 1.29 is 19.4 Å². The number of nitrogens with one attached hydrogen (secondary N) is 1. The molecule has 0 aromatic heterocycles. The molecule has 1 atom stereocenters. The van der Waals surface area contributed by atoms with Crippen molar-refractivity contribution in [3.05, 3.63) is 28.8 Å². The van der Waals surface area contributed by atoms with Crippen LogP contribution in [0.3, 0.4) is 0 Å². The topological polar surface area (TPSA) is 99.4 Å². The lowest BCUT2D eigenvalue weighted by Gasteiger charge is -2.17. The quantitative estimate of drug-likeness (QED) is 0.840. The van der Waals surface area contributed by atoms with Crippen LogP contribution in [0.25, 0.3) is 0 Å². The van der Waals surface area contributed by atoms with Gasteiger partial charge >= 0.3 is 5.97 Å². The maximum Gasteiger partial charge on any atom is 0.329 e. The summed E-state index contributed by atoms with van der Waals surface area (Å²) >= 11 is 0. The van der Waals surface area contributed by atoms with E-state index in [2.05, 4.69) is 5.32 Å². The van der Waals surface area contributed by atoms with Gasteiger partial charge in [0.05, 0.1) is 11.6 Å². The first-order valence-corrected chi connectivity index (χ1v) is 5.99. The molecule has 0 saturated heterocycles. The van der Waals surface area contributed by atoms with Crippen LogP contribution < -0.4 is 10.1 Å². The van der Waals surface area contributed by atoms with E-state index >= 15 is 0 Å². The van der Waals surface area contributed by atoms with E-state index in [9.17, 15) is 9.59 Å². The maximum absolute atomic E-state index is 11.0. The Labute approximate surface area is 117 Å². The number of benzene rings is 1. The number of hydrogen-bond acceptors (Lipinski definition) is 4. The number of nitrogens with zero attached hydrogens (tertiary/aromatic N) is 1. The molecule has 0 aliphatic heterocycles. The van der Waals surface area contributed by atoms with Crippen molar-refractivity contribution in [2.45, 2.75) is 26.8 Å². The summed E-state index contributed by atoms with van der Waals surface area (Å²) in [5.74, 6) is -1.07. The van der Waals surface area contributed by atoms with Gasteiger partial charge in [-0.25, -0.2) is 4.79 Å². The number of ether oxygens (including phenoxy) is 1. The predicted octanol–water partition coefficient (Wildman–Crippen LogP) is 1.14. The summed E-state index contributed by atoms with van der Waals surface area (Å²) in [4.78, 5) is 21.9. The van der Waals surface area contributed by atoms with Crippen molar-refractivity contribution in [2.24, 2.45) is 0 Å². The number of amides is 1. The minimum absolute atomic E-state index is 0.178. The summed E-state index contributed by atoms with van der Waals surface area (Å²) in [6.07, 6.45) is 0. The van der Waals surface area contributed by atoms with E-state index < -0.39 is 17.9 Å². The van der Waals surface area contributed by atoms with Gasteiger partial charge in [-0.15, -0.1) is 0 Å². The highest BCUT2D eigenvalue weighted by Crippen LogP contribution is 2.24. The fourth-order valence-corrected chi connectivity index (χ4v) is 1.83. The molecule has 0 aliphatic carbocycles. The first-order chi connectivity index (χ1) is 9.35. The number of aryl methyl sites for hydroxylation is 2. The molecule has 1 unspecified atom stereocenters. The summed E-state index contributed by atoms with van der Waals surface area (Å²) in [6.45, 7) is 4.62. The van der Waals surface area contributed by atoms with Crippen molar-refractivity contribution in [3.63, 3.8) is 0 Å². The minimum Gasteiger partial charge on any atom is -0.490 e. The lowest BCUT2D eigenvalue weighted by Crippen LogP contribution is -2.43. The average Bonchev–Trinajstić information content (AvgIpc) is 2.35. The number of nitriles is 1. The molecule has 1 amide bonds. The molecule has 6 heteroatoms. The van der Waals surface area contributed by atoms with E-state index in [4.69, 9.17) is 15.1 Å². The molecular formula is C14H16N2O4. The van der Waals surface area contributed by atoms with Crippen LogP contribution in [0.4, 0.5) is 0 Å². The fraction of sp³-hybridized carbons (Fsp3) is 0.357. The largest absolute Gasteiger partial charge is 0.490 e. The van der Waals surface area contributed by atoms with Crippen LogP contribution in [-0.2, 0) is 9.59 Å². The molecule has 0 radical (unpaired) electrons. The third kappa shape index (κ3) is 3.99. The standard InChI is InChI=1S/C14H16N2O4/c1-8-4-11(6-15)5-9(2)13(8)20-7-12(14(18)19)16-10(3)17/h4-5,12H,7H2,1-3H3,(H,16,17)(H,18,19). The Morgan fingerprint density at radius 1 is 1.40 bits per heavy atom. The van der Waals surface area contributed by atoms with E-state index in [1.807, 2.05) is 6.07 Å². The number of rotatable bonds is 5. The van der Waals surface area contributed by atoms with Crippen molar-refractivity contribution in [1.82, 2.24) is 5.32 Å². The van der Waals surface area contributed by atoms with Crippen LogP contribution in [0.2, 0.25) is 0 Å². The van der Waals surface area contributed by atoms with Gasteiger partial charge in [0.1, 0.15) is 12.4 Å². The molecule has 6 nitrogen and oxygen atoms in total. The number of hydrogen-bond donors (Lipinski definition) is 2. The average molecular weight is 276 g/mol. The molecule has 20 heavy (non-hydrogen) atoms. The molecule has 1 rings (SSSR count). The van der Waals surface area contributed by atoms with Gasteiger partial charge in [0.25, 0.3) is 0 Å². The van der Waals surface area contributed by atoms with Gasteiger partial charge < -0.3 is 15.2 Å². The minimum atomic E-state index is -1.16. The summed E-state index contributed by atoms with van der Waals surface area (Å²) in [5.41, 5.74) is 2.01. The number of aliphatic carboxylic acids is 1. The van der Waals surface area contributed by atoms with Crippen LogP contribution >= 0.6 is 0 Å². The van der Waals surface area contributed by atoms with Gasteiger partial charge in [0, 0.05) is 6.92 Å². The molecule has 0 heterocycles. The first-order valence-electron chi connectivity index (χ1n) is 5.99. The highest BCUT2D eigenvalue weighted by Gasteiger charge is 2.20. The lowest BCUT2D eigenvalue weighted by atomic mass is 10.1. The molecule has 0 spiro atoms. The Kier molecular flexibility index (Phi) is 5.09. The molecule has 0 bridgehead atoms. The smallest absolute Gasteiger partial charge is 0.329 e. The molecule has 1 aromatic rings. The number of carboxylic acids is 1. The van der Waals surface area contributed by atoms with Crippen molar-refractivity contribution >= 4 is 11.9 Å². The van der Waals surface area contributed by atoms with Crippen molar-refractivity contribution in [2.75, 3.05) is 6.61 Å². The van der Waals surface area contributed by atoms with E-state index in [0.29, 0.717) is 11.3 Å². The van der Waals surface area contributed by atoms with E-state index in [0.717, 1.165) is 11.1 Å². The zero-order valence-corrected chi connectivity index (χ0v) is 11.6. The number of carboxylic acid groups (broad SMARTS) is 1. The monoisotopic (exact) mass is 276 g/mol. The molecule has 2 N–H and O–H groups in total. The van der Waals surface area contributed by atoms with Gasteiger partial charge in [-0.3, -0.25) is 4.79 Å². The third-order valence-corrected chi connectivity index (χ3v) is 2.66. The Balaban J connectivity index is 2.86. The van der Waals surface area contributed by atoms with E-state index in [-0.39, 0.29) is 6.61 Å². The van der Waals surface area contributed by atoms with Crippen LogP contribution in [-0.4, -0.2) is 29.6 Å². The molecule has 0 saturated carbocycles. The molecule has 1 aromatic carbocycles. The highest BCUT2D eigenvalue weighted by atomic mass is 16.5. The van der Waals surface area contributed by atoms with Gasteiger partial charge in [0.15, 0.2) is 6.04 Å². The second-order valence-electron chi connectivity index (χ2n) is 4.45. The van der Waals surface area contributed by atoms with Gasteiger partial charge in [-0.1, -0.05) is 0 Å². The van der Waals surface area contributed by atoms with Gasteiger partial charge in [0.2, 0.25) is 5.91 Å². The zero-order valence-electron chi connectivity index (χ0n) is 11.6. The van der Waals surface area contributed by atoms with Gasteiger partial charge in [-0.2, -0.15) is 5.26 Å². The Morgan fingerprint density at radius 3 is 2.35 bits per heavy atom. The molecule has 0 aliphatic rings. The predicted molar refractivity (Wildman–Crippen MR) is 71.4 cm³/mol. The summed E-state index contributed by atoms with van der Waals surface area (Å²) < 4.78 is 5.49. The Hall–Kier alpha value is -2.55. The number of carbonyl (C=O) groups excluding carboxylic acids is 1. The highest BCUT2D eigenvalue weighted by molar-refractivity contribution is 5.82. The summed E-state index contributed by atoms with van der Waals surface area (Å²) in [6, 6.07) is 4.26. The number of carbonyl (C=O) groups is 2. The van der Waals surface area contributed by atoms with Crippen molar-refractivity contribution in [1.29, 1.82) is 5.26 Å². The normalized spacial score (nSPS) is 11.3. The SMILES string of the molecule is CC(=O)NC(COc1c(C)cc(C#N)cc1C)C(=O)O. The van der Waals surface area contributed by atoms with E-state index in [1.54, 1.807) is 26.0 Å². The second-order valence-corrected chi connectivity index (χ2v) is 4.45. The lowest BCUT2D eigenvalue weighted by molar-refractivity contribution is -0.142. The zero-order chi connectivity index (χ0) is 15.3. The van der Waals surface area contributed by atoms with Crippen LogP contribution in [0, 0.1) is 25.2 Å². The van der Waals surface area contributed by atoms with Crippen LogP contribution in [0.1, 0.15) is 23.6 Å². The van der Waals surface area contributed by atoms with Gasteiger partial charge in [-0.05, 0) is 37.1 Å². The molecular weight excluding hydrogens is 260 g/mol.